The minimum absolute atomic E-state index is 0.138. The van der Waals surface area contributed by atoms with E-state index in [2.05, 4.69) is 27.3 Å². The third-order valence-corrected chi connectivity index (χ3v) is 6.17. The second kappa shape index (κ2) is 8.92. The first kappa shape index (κ1) is 21.1. The number of fused-ring (bicyclic) bond motifs is 1. The molecule has 6 heteroatoms. The molecule has 0 saturated heterocycles. The lowest BCUT2D eigenvalue weighted by Gasteiger charge is -2.30. The summed E-state index contributed by atoms with van der Waals surface area (Å²) >= 11 is 0. The van der Waals surface area contributed by atoms with Crippen molar-refractivity contribution in [2.24, 2.45) is 0 Å². The number of ether oxygens (including phenoxy) is 1. The van der Waals surface area contributed by atoms with Gasteiger partial charge in [-0.2, -0.15) is 0 Å². The van der Waals surface area contributed by atoms with Crippen LogP contribution >= 0.6 is 0 Å². The molecule has 3 aromatic rings. The summed E-state index contributed by atoms with van der Waals surface area (Å²) in [6, 6.07) is 14.5. The standard InChI is InChI=1S/C25H32N4O2/c1-4-16(3)27-25(30)28-18-11-9-17(10-12-18)24-23(26)21-14-13-20(31-5-2)15-22(21)29(24)19-7-6-8-19/h9-16,19H,4-8,26H2,1-3H3,(H2,27,28,30)/t16-/m1/s1. The third kappa shape index (κ3) is 4.20. The topological polar surface area (TPSA) is 81.3 Å². The largest absolute Gasteiger partial charge is 0.494 e. The van der Waals surface area contributed by atoms with E-state index in [1.165, 1.54) is 6.42 Å². The Morgan fingerprint density at radius 1 is 1.19 bits per heavy atom. The fourth-order valence-corrected chi connectivity index (χ4v) is 4.10. The van der Waals surface area contributed by atoms with Crippen molar-refractivity contribution in [3.63, 3.8) is 0 Å². The van der Waals surface area contributed by atoms with Crippen molar-refractivity contribution in [3.05, 3.63) is 42.5 Å². The molecule has 1 aliphatic rings. The molecule has 1 fully saturated rings. The smallest absolute Gasteiger partial charge is 0.319 e. The summed E-state index contributed by atoms with van der Waals surface area (Å²) in [5.41, 5.74) is 11.4. The average Bonchev–Trinajstić information content (AvgIpc) is 2.99. The van der Waals surface area contributed by atoms with Crippen LogP contribution in [-0.4, -0.2) is 23.2 Å². The maximum Gasteiger partial charge on any atom is 0.319 e. The summed E-state index contributed by atoms with van der Waals surface area (Å²) in [7, 11) is 0. The fraction of sp³-hybridized carbons (Fsp3) is 0.400. The van der Waals surface area contributed by atoms with Crippen LogP contribution in [0.1, 0.15) is 52.5 Å². The summed E-state index contributed by atoms with van der Waals surface area (Å²) in [6.45, 7) is 6.66. The van der Waals surface area contributed by atoms with Gasteiger partial charge >= 0.3 is 6.03 Å². The van der Waals surface area contributed by atoms with Crippen LogP contribution in [0.3, 0.4) is 0 Å². The summed E-state index contributed by atoms with van der Waals surface area (Å²) in [5.74, 6) is 0.867. The maximum atomic E-state index is 12.1. The number of nitrogen functional groups attached to an aromatic ring is 1. The first-order valence-electron chi connectivity index (χ1n) is 11.3. The molecule has 31 heavy (non-hydrogen) atoms. The Morgan fingerprint density at radius 2 is 1.94 bits per heavy atom. The Morgan fingerprint density at radius 3 is 2.55 bits per heavy atom. The van der Waals surface area contributed by atoms with Crippen molar-refractivity contribution >= 4 is 28.3 Å². The summed E-state index contributed by atoms with van der Waals surface area (Å²) in [4.78, 5) is 12.1. The number of carbonyl (C=O) groups is 1. The molecule has 1 saturated carbocycles. The van der Waals surface area contributed by atoms with Gasteiger partial charge < -0.3 is 25.7 Å². The first-order valence-corrected chi connectivity index (χ1v) is 11.3. The minimum Gasteiger partial charge on any atom is -0.494 e. The molecule has 1 aromatic heterocycles. The molecular formula is C25H32N4O2. The van der Waals surface area contributed by atoms with Gasteiger partial charge in [0.1, 0.15) is 5.75 Å². The lowest BCUT2D eigenvalue weighted by atomic mass is 9.92. The van der Waals surface area contributed by atoms with E-state index in [4.69, 9.17) is 10.5 Å². The molecule has 6 nitrogen and oxygen atoms in total. The minimum atomic E-state index is -0.186. The van der Waals surface area contributed by atoms with Crippen molar-refractivity contribution in [2.75, 3.05) is 17.7 Å². The number of carbonyl (C=O) groups excluding carboxylic acids is 1. The molecule has 164 valence electrons. The van der Waals surface area contributed by atoms with E-state index in [-0.39, 0.29) is 12.1 Å². The first-order chi connectivity index (χ1) is 15.0. The van der Waals surface area contributed by atoms with Crippen LogP contribution in [0.25, 0.3) is 22.2 Å². The Hall–Kier alpha value is -3.15. The second-order valence-electron chi connectivity index (χ2n) is 8.31. The zero-order valence-electron chi connectivity index (χ0n) is 18.6. The van der Waals surface area contributed by atoms with Gasteiger partial charge in [-0.15, -0.1) is 0 Å². The number of nitrogens with two attached hydrogens (primary N) is 1. The summed E-state index contributed by atoms with van der Waals surface area (Å²) in [6.07, 6.45) is 4.44. The van der Waals surface area contributed by atoms with Crippen LogP contribution in [-0.2, 0) is 0 Å². The zero-order chi connectivity index (χ0) is 22.0. The molecule has 0 unspecified atom stereocenters. The molecule has 0 aliphatic heterocycles. The predicted molar refractivity (Wildman–Crippen MR) is 128 cm³/mol. The number of nitrogens with one attached hydrogen (secondary N) is 2. The van der Waals surface area contributed by atoms with Crippen LogP contribution < -0.4 is 21.1 Å². The lowest BCUT2D eigenvalue weighted by Crippen LogP contribution is -2.35. The van der Waals surface area contributed by atoms with Crippen molar-refractivity contribution < 1.29 is 9.53 Å². The van der Waals surface area contributed by atoms with Gasteiger partial charge in [0, 0.05) is 34.8 Å². The number of amides is 2. The van der Waals surface area contributed by atoms with Crippen LogP contribution in [0, 0.1) is 0 Å². The summed E-state index contributed by atoms with van der Waals surface area (Å²) in [5, 5.41) is 6.88. The van der Waals surface area contributed by atoms with Crippen LogP contribution in [0.5, 0.6) is 5.75 Å². The number of urea groups is 1. The van der Waals surface area contributed by atoms with E-state index in [1.54, 1.807) is 0 Å². The lowest BCUT2D eigenvalue weighted by molar-refractivity contribution is 0.249. The predicted octanol–water partition coefficient (Wildman–Crippen LogP) is 5.93. The fourth-order valence-electron chi connectivity index (χ4n) is 4.10. The highest BCUT2D eigenvalue weighted by Gasteiger charge is 2.27. The van der Waals surface area contributed by atoms with Gasteiger partial charge in [0.05, 0.1) is 23.5 Å². The maximum absolute atomic E-state index is 12.1. The van der Waals surface area contributed by atoms with Gasteiger partial charge in [-0.25, -0.2) is 4.79 Å². The highest BCUT2D eigenvalue weighted by atomic mass is 16.5. The van der Waals surface area contributed by atoms with Crippen molar-refractivity contribution in [2.45, 2.75) is 58.5 Å². The average molecular weight is 421 g/mol. The Kier molecular flexibility index (Phi) is 6.07. The molecule has 2 aromatic carbocycles. The van der Waals surface area contributed by atoms with E-state index in [0.717, 1.165) is 58.5 Å². The molecule has 1 atom stereocenters. The van der Waals surface area contributed by atoms with E-state index in [9.17, 15) is 4.79 Å². The van der Waals surface area contributed by atoms with Crippen LogP contribution in [0.15, 0.2) is 42.5 Å². The molecule has 0 radical (unpaired) electrons. The van der Waals surface area contributed by atoms with E-state index in [0.29, 0.717) is 12.6 Å². The van der Waals surface area contributed by atoms with Crippen LogP contribution in [0.2, 0.25) is 0 Å². The van der Waals surface area contributed by atoms with E-state index < -0.39 is 0 Å². The van der Waals surface area contributed by atoms with Gasteiger partial charge in [0.25, 0.3) is 0 Å². The van der Waals surface area contributed by atoms with Crippen molar-refractivity contribution in [3.8, 4) is 17.0 Å². The Balaban J connectivity index is 1.68. The van der Waals surface area contributed by atoms with Crippen molar-refractivity contribution in [1.82, 2.24) is 9.88 Å². The molecule has 0 spiro atoms. The molecule has 4 rings (SSSR count). The van der Waals surface area contributed by atoms with Gasteiger partial charge in [0.2, 0.25) is 0 Å². The Bertz CT molecular complexity index is 1070. The zero-order valence-corrected chi connectivity index (χ0v) is 18.6. The number of benzene rings is 2. The highest BCUT2D eigenvalue weighted by Crippen LogP contribution is 2.44. The number of anilines is 2. The Labute approximate surface area is 183 Å². The molecule has 0 bridgehead atoms. The SMILES string of the molecule is CCOc1ccc2c(N)c(-c3ccc(NC(=O)N[C@H](C)CC)cc3)n(C3CCC3)c2c1. The highest BCUT2D eigenvalue weighted by molar-refractivity contribution is 6.02. The quantitative estimate of drug-likeness (QED) is 0.443. The number of hydrogen-bond acceptors (Lipinski definition) is 3. The van der Waals surface area contributed by atoms with E-state index >= 15 is 0 Å². The molecule has 2 amide bonds. The van der Waals surface area contributed by atoms with Crippen LogP contribution in [0.4, 0.5) is 16.2 Å². The molecule has 1 aliphatic carbocycles. The molecule has 1 heterocycles. The number of nitrogens with zero attached hydrogens (tertiary/aromatic N) is 1. The number of aromatic nitrogens is 1. The van der Waals surface area contributed by atoms with Gasteiger partial charge in [-0.3, -0.25) is 0 Å². The molecular weight excluding hydrogens is 388 g/mol. The summed E-state index contributed by atoms with van der Waals surface area (Å²) < 4.78 is 8.13. The van der Waals surface area contributed by atoms with Gasteiger partial charge in [-0.1, -0.05) is 19.1 Å². The number of hydrogen-bond donors (Lipinski definition) is 3. The number of rotatable bonds is 7. The normalized spacial score (nSPS) is 14.8. The molecule has 4 N–H and O–H groups in total. The third-order valence-electron chi connectivity index (χ3n) is 6.17. The van der Waals surface area contributed by atoms with Gasteiger partial charge in [0.15, 0.2) is 0 Å². The van der Waals surface area contributed by atoms with E-state index in [1.807, 2.05) is 51.1 Å². The second-order valence-corrected chi connectivity index (χ2v) is 8.31. The van der Waals surface area contributed by atoms with Gasteiger partial charge in [-0.05, 0) is 63.8 Å². The monoisotopic (exact) mass is 420 g/mol. The van der Waals surface area contributed by atoms with Crippen molar-refractivity contribution in [1.29, 1.82) is 0 Å².